The summed E-state index contributed by atoms with van der Waals surface area (Å²) >= 11 is 0. The highest BCUT2D eigenvalue weighted by atomic mass is 127. The molecule has 1 aromatic rings. The first-order chi connectivity index (χ1) is 14.1. The number of nitrogens with zero attached hydrogens (tertiary/aromatic N) is 4. The lowest BCUT2D eigenvalue weighted by atomic mass is 10.1. The third-order valence-electron chi connectivity index (χ3n) is 5.30. The SMILES string of the molecule is CCOC(=O)N1CCN(C(=NC)NCc2cccc(CN3CCCC3=O)c2)CC1.I. The van der Waals surface area contributed by atoms with Crippen LogP contribution in [0.4, 0.5) is 4.79 Å². The minimum absolute atomic E-state index is 0. The number of amides is 2. The highest BCUT2D eigenvalue weighted by Crippen LogP contribution is 2.15. The first-order valence-corrected chi connectivity index (χ1v) is 10.3. The third kappa shape index (κ3) is 6.48. The van der Waals surface area contributed by atoms with Crippen LogP contribution in [0.3, 0.4) is 0 Å². The van der Waals surface area contributed by atoms with Crippen molar-refractivity contribution in [2.75, 3.05) is 46.4 Å². The van der Waals surface area contributed by atoms with Gasteiger partial charge in [0.2, 0.25) is 5.91 Å². The molecule has 9 heteroatoms. The maximum absolute atomic E-state index is 11.9. The van der Waals surface area contributed by atoms with E-state index in [0.29, 0.717) is 39.2 Å². The number of nitrogens with one attached hydrogen (secondary N) is 1. The van der Waals surface area contributed by atoms with Gasteiger partial charge in [-0.15, -0.1) is 24.0 Å². The Bertz CT molecular complexity index is 750. The van der Waals surface area contributed by atoms with Gasteiger partial charge in [-0.1, -0.05) is 24.3 Å². The molecule has 0 saturated carbocycles. The molecule has 30 heavy (non-hydrogen) atoms. The molecule has 8 nitrogen and oxygen atoms in total. The number of hydrogen-bond acceptors (Lipinski definition) is 4. The first-order valence-electron chi connectivity index (χ1n) is 10.3. The van der Waals surface area contributed by atoms with E-state index in [4.69, 9.17) is 4.74 Å². The van der Waals surface area contributed by atoms with Crippen molar-refractivity contribution in [1.82, 2.24) is 20.0 Å². The monoisotopic (exact) mass is 529 g/mol. The Labute approximate surface area is 195 Å². The number of likely N-dealkylation sites (tertiary alicyclic amines) is 1. The molecule has 2 heterocycles. The van der Waals surface area contributed by atoms with Crippen LogP contribution in [-0.4, -0.2) is 79.0 Å². The lowest BCUT2D eigenvalue weighted by Crippen LogP contribution is -2.53. The van der Waals surface area contributed by atoms with Gasteiger partial charge in [0, 0.05) is 59.3 Å². The van der Waals surface area contributed by atoms with Crippen LogP contribution in [0, 0.1) is 0 Å². The van der Waals surface area contributed by atoms with Crippen LogP contribution in [0.5, 0.6) is 0 Å². The maximum Gasteiger partial charge on any atom is 0.409 e. The van der Waals surface area contributed by atoms with Crippen molar-refractivity contribution >= 4 is 41.9 Å². The molecule has 2 saturated heterocycles. The summed E-state index contributed by atoms with van der Waals surface area (Å²) in [6, 6.07) is 8.32. The number of carbonyl (C=O) groups is 2. The zero-order valence-corrected chi connectivity index (χ0v) is 20.1. The highest BCUT2D eigenvalue weighted by molar-refractivity contribution is 14.0. The van der Waals surface area contributed by atoms with Crippen molar-refractivity contribution in [1.29, 1.82) is 0 Å². The summed E-state index contributed by atoms with van der Waals surface area (Å²) in [5.41, 5.74) is 2.30. The number of guanidine groups is 1. The van der Waals surface area contributed by atoms with E-state index >= 15 is 0 Å². The van der Waals surface area contributed by atoms with Crippen molar-refractivity contribution in [3.8, 4) is 0 Å². The second-order valence-corrected chi connectivity index (χ2v) is 7.31. The van der Waals surface area contributed by atoms with Crippen LogP contribution in [0.25, 0.3) is 0 Å². The molecule has 166 valence electrons. The standard InChI is InChI=1S/C21H31N5O3.HI/c1-3-29-21(28)25-12-10-24(11-13-25)20(22-2)23-15-17-6-4-7-18(14-17)16-26-9-5-8-19(26)27;/h4,6-7,14H,3,5,8-13,15-16H2,1-2H3,(H,22,23);1H. The van der Waals surface area contributed by atoms with Crippen molar-refractivity contribution in [2.45, 2.75) is 32.9 Å². The number of ether oxygens (including phenoxy) is 1. The molecule has 1 N–H and O–H groups in total. The van der Waals surface area contributed by atoms with Gasteiger partial charge in [-0.2, -0.15) is 0 Å². The Kier molecular flexibility index (Phi) is 9.67. The number of carbonyl (C=O) groups excluding carboxylic acids is 2. The van der Waals surface area contributed by atoms with Gasteiger partial charge in [-0.25, -0.2) is 4.79 Å². The normalized spacial score (nSPS) is 17.1. The van der Waals surface area contributed by atoms with Gasteiger partial charge in [-0.05, 0) is 24.5 Å². The highest BCUT2D eigenvalue weighted by Gasteiger charge is 2.24. The molecule has 2 fully saturated rings. The van der Waals surface area contributed by atoms with Crippen molar-refractivity contribution in [3.05, 3.63) is 35.4 Å². The Morgan fingerprint density at radius 2 is 1.83 bits per heavy atom. The topological polar surface area (TPSA) is 77.5 Å². The summed E-state index contributed by atoms with van der Waals surface area (Å²) in [5, 5.41) is 3.41. The first kappa shape index (κ1) is 24.2. The van der Waals surface area contributed by atoms with Crippen LogP contribution >= 0.6 is 24.0 Å². The second kappa shape index (κ2) is 12.0. The van der Waals surface area contributed by atoms with Gasteiger partial charge in [-0.3, -0.25) is 9.79 Å². The second-order valence-electron chi connectivity index (χ2n) is 7.31. The quantitative estimate of drug-likeness (QED) is 0.360. The molecule has 3 rings (SSSR count). The number of rotatable bonds is 5. The van der Waals surface area contributed by atoms with Crippen molar-refractivity contribution in [2.24, 2.45) is 4.99 Å². The lowest BCUT2D eigenvalue weighted by molar-refractivity contribution is -0.128. The van der Waals surface area contributed by atoms with E-state index in [9.17, 15) is 9.59 Å². The number of benzene rings is 1. The van der Waals surface area contributed by atoms with E-state index < -0.39 is 0 Å². The van der Waals surface area contributed by atoms with Crippen LogP contribution in [0.15, 0.2) is 29.3 Å². The predicted octanol–water partition coefficient (Wildman–Crippen LogP) is 2.28. The average molecular weight is 529 g/mol. The Morgan fingerprint density at radius 3 is 2.47 bits per heavy atom. The third-order valence-corrected chi connectivity index (χ3v) is 5.30. The van der Waals surface area contributed by atoms with E-state index in [1.807, 2.05) is 17.9 Å². The summed E-state index contributed by atoms with van der Waals surface area (Å²) in [7, 11) is 1.77. The molecule has 1 aromatic carbocycles. The molecular weight excluding hydrogens is 497 g/mol. The summed E-state index contributed by atoms with van der Waals surface area (Å²) in [5.74, 6) is 1.07. The van der Waals surface area contributed by atoms with Gasteiger partial charge >= 0.3 is 6.09 Å². The van der Waals surface area contributed by atoms with Crippen LogP contribution in [0.1, 0.15) is 30.9 Å². The summed E-state index contributed by atoms with van der Waals surface area (Å²) in [4.78, 5) is 33.9. The summed E-state index contributed by atoms with van der Waals surface area (Å²) in [6.45, 7) is 7.09. The molecule has 2 aliphatic rings. The number of aliphatic imine (C=N–C) groups is 1. The molecule has 0 aliphatic carbocycles. The molecule has 0 radical (unpaired) electrons. The molecule has 0 bridgehead atoms. The van der Waals surface area contributed by atoms with Crippen molar-refractivity contribution < 1.29 is 14.3 Å². The molecule has 2 aliphatic heterocycles. The summed E-state index contributed by atoms with van der Waals surface area (Å²) in [6.07, 6.45) is 1.38. The number of piperazine rings is 1. The smallest absolute Gasteiger partial charge is 0.409 e. The van der Waals surface area contributed by atoms with E-state index in [1.54, 1.807) is 11.9 Å². The van der Waals surface area contributed by atoms with Gasteiger partial charge in [0.25, 0.3) is 0 Å². The molecule has 0 spiro atoms. The minimum atomic E-state index is -0.247. The predicted molar refractivity (Wildman–Crippen MR) is 127 cm³/mol. The van der Waals surface area contributed by atoms with E-state index in [1.165, 1.54) is 0 Å². The molecular formula is C21H32IN5O3. The fourth-order valence-corrected chi connectivity index (χ4v) is 3.76. The Morgan fingerprint density at radius 1 is 1.13 bits per heavy atom. The van der Waals surface area contributed by atoms with Crippen LogP contribution < -0.4 is 5.32 Å². The van der Waals surface area contributed by atoms with E-state index in [0.717, 1.165) is 43.1 Å². The zero-order chi connectivity index (χ0) is 20.6. The number of hydrogen-bond donors (Lipinski definition) is 1. The largest absolute Gasteiger partial charge is 0.450 e. The van der Waals surface area contributed by atoms with Gasteiger partial charge < -0.3 is 24.8 Å². The van der Waals surface area contributed by atoms with Gasteiger partial charge in [0.15, 0.2) is 5.96 Å². The molecule has 2 amide bonds. The Hall–Kier alpha value is -2.04. The fraction of sp³-hybridized carbons (Fsp3) is 0.571. The average Bonchev–Trinajstić information content (AvgIpc) is 3.14. The lowest BCUT2D eigenvalue weighted by Gasteiger charge is -2.35. The van der Waals surface area contributed by atoms with E-state index in [-0.39, 0.29) is 36.0 Å². The van der Waals surface area contributed by atoms with Crippen LogP contribution in [0.2, 0.25) is 0 Å². The fourth-order valence-electron chi connectivity index (χ4n) is 3.76. The van der Waals surface area contributed by atoms with Gasteiger partial charge in [0.05, 0.1) is 6.61 Å². The van der Waals surface area contributed by atoms with E-state index in [2.05, 4.69) is 33.4 Å². The molecule has 0 atom stereocenters. The Balaban J connectivity index is 0.00000320. The minimum Gasteiger partial charge on any atom is -0.450 e. The van der Waals surface area contributed by atoms with Gasteiger partial charge in [0.1, 0.15) is 0 Å². The number of halogens is 1. The molecule has 0 aromatic heterocycles. The summed E-state index contributed by atoms with van der Waals surface area (Å²) < 4.78 is 5.07. The van der Waals surface area contributed by atoms with Crippen LogP contribution in [-0.2, 0) is 22.6 Å². The molecule has 0 unspecified atom stereocenters. The zero-order valence-electron chi connectivity index (χ0n) is 17.8. The maximum atomic E-state index is 11.9. The van der Waals surface area contributed by atoms with Crippen molar-refractivity contribution in [3.63, 3.8) is 0 Å².